The maximum absolute atomic E-state index is 12.6. The number of amides is 1. The van der Waals surface area contributed by atoms with Crippen LogP contribution in [-0.2, 0) is 10.2 Å². The maximum atomic E-state index is 12.6. The van der Waals surface area contributed by atoms with Gasteiger partial charge >= 0.3 is 0 Å². The van der Waals surface area contributed by atoms with Gasteiger partial charge in [0.1, 0.15) is 0 Å². The molecule has 0 heterocycles. The number of carbonyl (C=O) groups is 1. The highest BCUT2D eigenvalue weighted by Crippen LogP contribution is 2.41. The van der Waals surface area contributed by atoms with Crippen molar-refractivity contribution in [1.29, 1.82) is 0 Å². The minimum atomic E-state index is -0.357. The van der Waals surface area contributed by atoms with Crippen molar-refractivity contribution in [2.45, 2.75) is 44.1 Å². The molecule has 1 aromatic rings. The normalized spacial score (nSPS) is 19.1. The lowest BCUT2D eigenvalue weighted by molar-refractivity contribution is -0.127. The average molecular weight is 325 g/mol. The van der Waals surface area contributed by atoms with Gasteiger partial charge in [0.15, 0.2) is 0 Å². The molecule has 3 nitrogen and oxygen atoms in total. The summed E-state index contributed by atoms with van der Waals surface area (Å²) in [5, 5.41) is 3.05. The fourth-order valence-electron chi connectivity index (χ4n) is 2.82. The van der Waals surface area contributed by atoms with Crippen molar-refractivity contribution < 1.29 is 4.79 Å². The third-order valence-electron chi connectivity index (χ3n) is 4.02. The molecule has 1 atom stereocenters. The van der Waals surface area contributed by atoms with Crippen LogP contribution in [0.3, 0.4) is 0 Å². The molecule has 0 saturated heterocycles. The van der Waals surface area contributed by atoms with Crippen LogP contribution in [0.5, 0.6) is 0 Å². The highest BCUT2D eigenvalue weighted by atomic mass is 79.9. The van der Waals surface area contributed by atoms with Crippen LogP contribution < -0.4 is 11.1 Å². The fraction of sp³-hybridized carbons (Fsp3) is 0.533. The van der Waals surface area contributed by atoms with E-state index < -0.39 is 0 Å². The number of benzene rings is 1. The molecular weight excluding hydrogens is 304 g/mol. The molecule has 1 aliphatic carbocycles. The molecule has 104 valence electrons. The van der Waals surface area contributed by atoms with E-state index in [4.69, 9.17) is 5.73 Å². The van der Waals surface area contributed by atoms with Crippen molar-refractivity contribution in [3.8, 4) is 0 Å². The molecule has 0 aromatic heterocycles. The summed E-state index contributed by atoms with van der Waals surface area (Å²) in [7, 11) is 0. The van der Waals surface area contributed by atoms with E-state index in [2.05, 4.69) is 33.4 Å². The number of hydrogen-bond donors (Lipinski definition) is 2. The molecule has 19 heavy (non-hydrogen) atoms. The molecule has 1 aromatic carbocycles. The van der Waals surface area contributed by atoms with Crippen LogP contribution in [0.15, 0.2) is 28.7 Å². The van der Waals surface area contributed by atoms with E-state index in [9.17, 15) is 4.79 Å². The third-order valence-corrected chi connectivity index (χ3v) is 4.55. The van der Waals surface area contributed by atoms with Crippen molar-refractivity contribution >= 4 is 21.8 Å². The molecule has 1 amide bonds. The zero-order valence-electron chi connectivity index (χ0n) is 11.3. The van der Waals surface area contributed by atoms with Crippen LogP contribution in [-0.4, -0.2) is 18.5 Å². The molecule has 2 rings (SSSR count). The Kier molecular flexibility index (Phi) is 4.63. The minimum absolute atomic E-state index is 0.0282. The Morgan fingerprint density at radius 3 is 2.47 bits per heavy atom. The molecule has 0 radical (unpaired) electrons. The van der Waals surface area contributed by atoms with E-state index in [1.807, 2.05) is 19.1 Å². The first-order valence-corrected chi connectivity index (χ1v) is 7.65. The lowest BCUT2D eigenvalue weighted by Crippen LogP contribution is -2.48. The first-order chi connectivity index (χ1) is 9.08. The first kappa shape index (κ1) is 14.5. The summed E-state index contributed by atoms with van der Waals surface area (Å²) in [5.74, 6) is 0.130. The molecule has 4 heteroatoms. The van der Waals surface area contributed by atoms with Crippen molar-refractivity contribution in [2.75, 3.05) is 6.54 Å². The predicted octanol–water partition coefficient (Wildman–Crippen LogP) is 2.72. The monoisotopic (exact) mass is 324 g/mol. The van der Waals surface area contributed by atoms with Gasteiger partial charge in [-0.1, -0.05) is 40.9 Å². The Hall–Kier alpha value is -0.870. The Morgan fingerprint density at radius 1 is 1.37 bits per heavy atom. The van der Waals surface area contributed by atoms with Gasteiger partial charge < -0.3 is 11.1 Å². The van der Waals surface area contributed by atoms with Crippen LogP contribution in [0.1, 0.15) is 38.2 Å². The standard InChI is InChI=1S/C15H21BrN2O/c1-11(10-17)18-14(19)15(8-2-3-9-15)12-4-6-13(16)7-5-12/h4-7,11H,2-3,8-10,17H2,1H3,(H,18,19)/t11-/m0/s1. The summed E-state index contributed by atoms with van der Waals surface area (Å²) in [6, 6.07) is 8.16. The zero-order chi connectivity index (χ0) is 13.9. The number of rotatable bonds is 4. The maximum Gasteiger partial charge on any atom is 0.230 e. The van der Waals surface area contributed by atoms with Crippen LogP contribution >= 0.6 is 15.9 Å². The van der Waals surface area contributed by atoms with E-state index >= 15 is 0 Å². The van der Waals surface area contributed by atoms with Gasteiger partial charge in [-0.05, 0) is 37.5 Å². The molecule has 0 unspecified atom stereocenters. The van der Waals surface area contributed by atoms with Gasteiger partial charge in [0, 0.05) is 17.1 Å². The van der Waals surface area contributed by atoms with Crippen molar-refractivity contribution in [2.24, 2.45) is 5.73 Å². The summed E-state index contributed by atoms with van der Waals surface area (Å²) < 4.78 is 1.04. The van der Waals surface area contributed by atoms with Crippen LogP contribution in [0.2, 0.25) is 0 Å². The number of halogens is 1. The molecule has 1 saturated carbocycles. The lowest BCUT2D eigenvalue weighted by atomic mass is 9.78. The third kappa shape index (κ3) is 3.00. The van der Waals surface area contributed by atoms with Crippen molar-refractivity contribution in [1.82, 2.24) is 5.32 Å². The number of carbonyl (C=O) groups excluding carboxylic acids is 1. The quantitative estimate of drug-likeness (QED) is 0.894. The second kappa shape index (κ2) is 6.06. The van der Waals surface area contributed by atoms with Gasteiger partial charge in [0.05, 0.1) is 5.41 Å². The molecule has 1 aliphatic rings. The van der Waals surface area contributed by atoms with E-state index in [0.717, 1.165) is 35.7 Å². The SMILES string of the molecule is C[C@@H](CN)NC(=O)C1(c2ccc(Br)cc2)CCCC1. The molecule has 0 bridgehead atoms. The smallest absolute Gasteiger partial charge is 0.230 e. The number of hydrogen-bond acceptors (Lipinski definition) is 2. The van der Waals surface area contributed by atoms with Gasteiger partial charge in [-0.25, -0.2) is 0 Å². The second-order valence-electron chi connectivity index (χ2n) is 5.41. The molecule has 0 aliphatic heterocycles. The summed E-state index contributed by atoms with van der Waals surface area (Å²) in [6.45, 7) is 2.42. The Morgan fingerprint density at radius 2 is 1.95 bits per heavy atom. The predicted molar refractivity (Wildman–Crippen MR) is 80.9 cm³/mol. The van der Waals surface area contributed by atoms with E-state index in [1.54, 1.807) is 0 Å². The summed E-state index contributed by atoms with van der Waals surface area (Å²) in [4.78, 5) is 12.6. The summed E-state index contributed by atoms with van der Waals surface area (Å²) in [5.41, 5.74) is 6.36. The van der Waals surface area contributed by atoms with Gasteiger partial charge in [0.25, 0.3) is 0 Å². The van der Waals surface area contributed by atoms with E-state index in [1.165, 1.54) is 0 Å². The van der Waals surface area contributed by atoms with Gasteiger partial charge in [-0.2, -0.15) is 0 Å². The van der Waals surface area contributed by atoms with Gasteiger partial charge in [-0.3, -0.25) is 4.79 Å². The highest BCUT2D eigenvalue weighted by molar-refractivity contribution is 9.10. The zero-order valence-corrected chi connectivity index (χ0v) is 12.9. The van der Waals surface area contributed by atoms with Crippen molar-refractivity contribution in [3.05, 3.63) is 34.3 Å². The van der Waals surface area contributed by atoms with Crippen LogP contribution in [0, 0.1) is 0 Å². The topological polar surface area (TPSA) is 55.1 Å². The Balaban J connectivity index is 2.27. The lowest BCUT2D eigenvalue weighted by Gasteiger charge is -2.30. The largest absolute Gasteiger partial charge is 0.352 e. The highest BCUT2D eigenvalue weighted by Gasteiger charge is 2.42. The summed E-state index contributed by atoms with van der Waals surface area (Å²) in [6.07, 6.45) is 4.08. The molecule has 1 fully saturated rings. The Labute approximate surface area is 123 Å². The Bertz CT molecular complexity index is 438. The number of nitrogens with one attached hydrogen (secondary N) is 1. The van der Waals surface area contributed by atoms with E-state index in [0.29, 0.717) is 6.54 Å². The summed E-state index contributed by atoms with van der Waals surface area (Å²) >= 11 is 3.44. The van der Waals surface area contributed by atoms with Crippen LogP contribution in [0.25, 0.3) is 0 Å². The molecule has 0 spiro atoms. The molecular formula is C15H21BrN2O. The van der Waals surface area contributed by atoms with Gasteiger partial charge in [0.2, 0.25) is 5.91 Å². The van der Waals surface area contributed by atoms with Gasteiger partial charge in [-0.15, -0.1) is 0 Å². The first-order valence-electron chi connectivity index (χ1n) is 6.85. The van der Waals surface area contributed by atoms with Crippen LogP contribution in [0.4, 0.5) is 0 Å². The molecule has 3 N–H and O–H groups in total. The van der Waals surface area contributed by atoms with Crippen molar-refractivity contribution in [3.63, 3.8) is 0 Å². The minimum Gasteiger partial charge on any atom is -0.352 e. The number of nitrogens with two attached hydrogens (primary N) is 1. The average Bonchev–Trinajstić information content (AvgIpc) is 2.90. The second-order valence-corrected chi connectivity index (χ2v) is 6.32. The van der Waals surface area contributed by atoms with E-state index in [-0.39, 0.29) is 17.4 Å². The fourth-order valence-corrected chi connectivity index (χ4v) is 3.08.